The summed E-state index contributed by atoms with van der Waals surface area (Å²) in [5, 5.41) is 17.6. The van der Waals surface area contributed by atoms with Gasteiger partial charge in [0.1, 0.15) is 12.1 Å². The maximum atomic E-state index is 12.8. The van der Waals surface area contributed by atoms with Crippen molar-refractivity contribution < 1.29 is 19.2 Å². The highest BCUT2D eigenvalue weighted by Gasteiger charge is 2.26. The summed E-state index contributed by atoms with van der Waals surface area (Å²) in [6.07, 6.45) is 6.04. The van der Waals surface area contributed by atoms with Gasteiger partial charge in [0, 0.05) is 6.54 Å². The first-order valence-electron chi connectivity index (χ1n) is 11.7. The van der Waals surface area contributed by atoms with Gasteiger partial charge in [0.25, 0.3) is 0 Å². The minimum Gasteiger partial charge on any atom is -0.370 e. The molecule has 0 heterocycles. The highest BCUT2D eigenvalue weighted by molar-refractivity contribution is 5.93. The maximum Gasteiger partial charge on any atom is 0.243 e. The van der Waals surface area contributed by atoms with E-state index in [1.807, 2.05) is 0 Å². The summed E-state index contributed by atoms with van der Waals surface area (Å²) in [7, 11) is 0. The van der Waals surface area contributed by atoms with Crippen LogP contribution in [0.2, 0.25) is 0 Å². The van der Waals surface area contributed by atoms with Gasteiger partial charge in [-0.15, -0.1) is 0 Å². The molecule has 4 atom stereocenters. The van der Waals surface area contributed by atoms with Gasteiger partial charge in [-0.2, -0.15) is 0 Å². The molecule has 3 amide bonds. The zero-order chi connectivity index (χ0) is 25.9. The molecule has 1 radical (unpaired) electrons. The molecule has 13 heteroatoms. The molecule has 0 rings (SSSR count). The molecule has 0 aliphatic heterocycles. The van der Waals surface area contributed by atoms with Crippen molar-refractivity contribution in [2.24, 2.45) is 22.9 Å². The average molecular weight is 485 g/mol. The summed E-state index contributed by atoms with van der Waals surface area (Å²) in [6.45, 7) is 2.78. The Morgan fingerprint density at radius 1 is 0.853 bits per heavy atom. The van der Waals surface area contributed by atoms with Crippen LogP contribution in [-0.4, -0.2) is 73.8 Å². The summed E-state index contributed by atoms with van der Waals surface area (Å²) in [5.41, 5.74) is 22.1. The van der Waals surface area contributed by atoms with Crippen molar-refractivity contribution in [3.63, 3.8) is 0 Å². The molecule has 0 aromatic heterocycles. The first-order chi connectivity index (χ1) is 16.2. The predicted molar refractivity (Wildman–Crippen MR) is 130 cm³/mol. The van der Waals surface area contributed by atoms with Gasteiger partial charge in [-0.25, -0.2) is 0 Å². The number of carbonyl (C=O) groups is 3. The summed E-state index contributed by atoms with van der Waals surface area (Å²) in [4.78, 5) is 48.8. The number of hydrogen-bond donors (Lipinski definition) is 9. The van der Waals surface area contributed by atoms with Crippen molar-refractivity contribution >= 4 is 30.0 Å². The fourth-order valence-electron chi connectivity index (χ4n) is 3.05. The monoisotopic (exact) mass is 484 g/mol. The van der Waals surface area contributed by atoms with Crippen LogP contribution in [0.3, 0.4) is 0 Å². The average Bonchev–Trinajstić information content (AvgIpc) is 2.79. The van der Waals surface area contributed by atoms with E-state index in [1.54, 1.807) is 6.29 Å². The van der Waals surface area contributed by atoms with E-state index in [9.17, 15) is 19.2 Å². The van der Waals surface area contributed by atoms with Crippen molar-refractivity contribution in [1.82, 2.24) is 21.3 Å². The van der Waals surface area contributed by atoms with Crippen LogP contribution in [-0.2, 0) is 19.2 Å². The van der Waals surface area contributed by atoms with Crippen LogP contribution >= 0.6 is 0 Å². The highest BCUT2D eigenvalue weighted by atomic mass is 16.2. The number of guanidine groups is 1. The van der Waals surface area contributed by atoms with Crippen molar-refractivity contribution in [2.45, 2.75) is 82.5 Å². The molecule has 13 nitrogen and oxygen atoms in total. The predicted octanol–water partition coefficient (Wildman–Crippen LogP) is -2.58. The first-order valence-corrected chi connectivity index (χ1v) is 11.7. The molecule has 0 aromatic carbocycles. The minimum absolute atomic E-state index is 0.203. The fraction of sp³-hybridized carbons (Fsp3) is 0.762. The second kappa shape index (κ2) is 18.6. The van der Waals surface area contributed by atoms with Gasteiger partial charge in [-0.1, -0.05) is 6.42 Å². The third-order valence-electron chi connectivity index (χ3n) is 5.08. The maximum absolute atomic E-state index is 12.8. The minimum atomic E-state index is -0.953. The molecule has 0 aromatic rings. The van der Waals surface area contributed by atoms with Gasteiger partial charge in [0.2, 0.25) is 24.0 Å². The molecular formula is C21H42N9O4. The number of unbranched alkanes of at least 4 members (excludes halogenated alkanes) is 2. The molecule has 0 saturated heterocycles. The van der Waals surface area contributed by atoms with E-state index in [-0.39, 0.29) is 12.4 Å². The number of nitrogens with two attached hydrogens (primary N) is 4. The third kappa shape index (κ3) is 14.4. The molecule has 0 saturated carbocycles. The second-order valence-electron chi connectivity index (χ2n) is 8.13. The van der Waals surface area contributed by atoms with Crippen LogP contribution in [0.4, 0.5) is 0 Å². The van der Waals surface area contributed by atoms with Crippen molar-refractivity contribution in [3.05, 3.63) is 0 Å². The number of nitrogens with one attached hydrogen (secondary N) is 5. The lowest BCUT2D eigenvalue weighted by Crippen LogP contribution is -2.56. The number of carbonyl (C=O) groups excluding carboxylic acids is 4. The summed E-state index contributed by atoms with van der Waals surface area (Å²) in [5.74, 6) is -1.80. The standard InChI is InChI=1S/C21H42N9O4/c1-14(18(32)29-15(13-31)7-2-4-10-22)28-20(34)17(9-6-12-27-21(25)26)30-19(33)16(24)8-3-5-11-23/h14-17H,2-12,22-24H2,1H3,(H,28,34)(H,29,32)(H,30,33)(H4,25,26,27)/t14-,15-,16-,17-/m0/s1. The van der Waals surface area contributed by atoms with Crippen molar-refractivity contribution in [3.8, 4) is 0 Å². The molecule has 0 spiro atoms. The van der Waals surface area contributed by atoms with Crippen molar-refractivity contribution in [1.29, 1.82) is 5.41 Å². The largest absolute Gasteiger partial charge is 0.370 e. The Morgan fingerprint density at radius 2 is 1.47 bits per heavy atom. The van der Waals surface area contributed by atoms with Crippen LogP contribution in [0, 0.1) is 5.41 Å². The molecule has 0 aliphatic carbocycles. The second-order valence-corrected chi connectivity index (χ2v) is 8.13. The van der Waals surface area contributed by atoms with Gasteiger partial charge in [-0.05, 0) is 65.0 Å². The van der Waals surface area contributed by atoms with E-state index < -0.39 is 41.9 Å². The van der Waals surface area contributed by atoms with Gasteiger partial charge >= 0.3 is 0 Å². The van der Waals surface area contributed by atoms with Crippen LogP contribution in [0.15, 0.2) is 0 Å². The van der Waals surface area contributed by atoms with E-state index in [0.29, 0.717) is 58.2 Å². The lowest BCUT2D eigenvalue weighted by atomic mass is 10.1. The van der Waals surface area contributed by atoms with Crippen molar-refractivity contribution in [2.75, 3.05) is 19.6 Å². The number of rotatable bonds is 19. The Bertz CT molecular complexity index is 648. The SMILES string of the molecule is C[C@H](NC(=O)[C@H](CCCNC(=N)N)NC(=O)[C@@H](N)CCCCN)C(=O)N[C@H]([C]=O)CCCCN. The molecule has 0 bridgehead atoms. The smallest absolute Gasteiger partial charge is 0.243 e. The lowest BCUT2D eigenvalue weighted by Gasteiger charge is -2.23. The normalized spacial score (nSPS) is 14.2. The lowest BCUT2D eigenvalue weighted by molar-refractivity contribution is -0.132. The molecule has 0 unspecified atom stereocenters. The van der Waals surface area contributed by atoms with Crippen LogP contribution < -0.4 is 44.2 Å². The van der Waals surface area contributed by atoms with Crippen LogP contribution in [0.25, 0.3) is 0 Å². The number of amides is 3. The molecule has 13 N–H and O–H groups in total. The van der Waals surface area contributed by atoms with E-state index in [0.717, 1.165) is 6.42 Å². The Labute approximate surface area is 201 Å². The van der Waals surface area contributed by atoms with E-state index in [4.69, 9.17) is 28.3 Å². The molecular weight excluding hydrogens is 442 g/mol. The zero-order valence-corrected chi connectivity index (χ0v) is 20.0. The molecule has 34 heavy (non-hydrogen) atoms. The van der Waals surface area contributed by atoms with Gasteiger partial charge in [0.15, 0.2) is 5.96 Å². The van der Waals surface area contributed by atoms with Gasteiger partial charge in [-0.3, -0.25) is 24.6 Å². The summed E-state index contributed by atoms with van der Waals surface area (Å²) < 4.78 is 0. The Hall–Kier alpha value is -2.77. The highest BCUT2D eigenvalue weighted by Crippen LogP contribution is 2.03. The van der Waals surface area contributed by atoms with E-state index in [2.05, 4.69) is 21.3 Å². The van der Waals surface area contributed by atoms with Gasteiger partial charge in [0.05, 0.1) is 12.1 Å². The first kappa shape index (κ1) is 31.2. The topological polar surface area (TPSA) is 244 Å². The van der Waals surface area contributed by atoms with Crippen LogP contribution in [0.5, 0.6) is 0 Å². The quantitative estimate of drug-likeness (QED) is 0.0530. The summed E-state index contributed by atoms with van der Waals surface area (Å²) >= 11 is 0. The van der Waals surface area contributed by atoms with Crippen LogP contribution in [0.1, 0.15) is 58.3 Å². The third-order valence-corrected chi connectivity index (χ3v) is 5.08. The summed E-state index contributed by atoms with van der Waals surface area (Å²) in [6, 6.07) is -3.49. The Balaban J connectivity index is 4.98. The van der Waals surface area contributed by atoms with Gasteiger partial charge < -0.3 is 44.2 Å². The number of hydrogen-bond acceptors (Lipinski definition) is 8. The van der Waals surface area contributed by atoms with E-state index >= 15 is 0 Å². The fourth-order valence-corrected chi connectivity index (χ4v) is 3.05. The zero-order valence-electron chi connectivity index (χ0n) is 20.0. The van der Waals surface area contributed by atoms with E-state index in [1.165, 1.54) is 6.92 Å². The Kier molecular flexibility index (Phi) is 17.1. The molecule has 0 fully saturated rings. The molecule has 195 valence electrons. The Morgan fingerprint density at radius 3 is 2.03 bits per heavy atom. The molecule has 0 aliphatic rings.